The molecule has 10 heteroatoms. The van der Waals surface area contributed by atoms with E-state index < -0.39 is 29.1 Å². The van der Waals surface area contributed by atoms with Gasteiger partial charge in [-0.15, -0.1) is 0 Å². The number of benzene rings is 3. The summed E-state index contributed by atoms with van der Waals surface area (Å²) < 4.78 is 66.7. The molecule has 0 spiro atoms. The van der Waals surface area contributed by atoms with E-state index in [1.54, 1.807) is 43.3 Å². The van der Waals surface area contributed by atoms with Crippen LogP contribution in [0.3, 0.4) is 0 Å². The zero-order chi connectivity index (χ0) is 36.6. The molecule has 0 saturated carbocycles. The van der Waals surface area contributed by atoms with Crippen molar-refractivity contribution in [1.82, 2.24) is 4.90 Å². The van der Waals surface area contributed by atoms with Crippen LogP contribution in [-0.2, 0) is 12.7 Å². The third-order valence-corrected chi connectivity index (χ3v) is 8.22. The topological polar surface area (TPSA) is 78.2 Å². The first-order valence-corrected chi connectivity index (χ1v) is 17.3. The molecule has 1 aromatic heterocycles. The predicted octanol–water partition coefficient (Wildman–Crippen LogP) is 10.5. The SMILES string of the molecule is CCCCCCOc1ccc(C(=O)Oc2ccc3c(=O)c(Oc4ccc(C)c(C)c4)c(C(F)(F)F)oc3c2CN(CC(C)C)CC(C)C)cc1. The lowest BCUT2D eigenvalue weighted by molar-refractivity contribution is -0.154. The summed E-state index contributed by atoms with van der Waals surface area (Å²) in [6.45, 7) is 15.8. The Morgan fingerprint density at radius 2 is 1.52 bits per heavy atom. The number of carbonyl (C=O) groups is 1. The molecule has 0 aliphatic rings. The molecule has 50 heavy (non-hydrogen) atoms. The van der Waals surface area contributed by atoms with E-state index in [2.05, 4.69) is 11.8 Å². The second-order valence-corrected chi connectivity index (χ2v) is 13.7. The van der Waals surface area contributed by atoms with Crippen molar-refractivity contribution in [2.45, 2.75) is 86.9 Å². The third kappa shape index (κ3) is 10.1. The van der Waals surface area contributed by atoms with Crippen molar-refractivity contribution in [1.29, 1.82) is 0 Å². The normalized spacial score (nSPS) is 11.9. The van der Waals surface area contributed by atoms with Gasteiger partial charge in [0, 0.05) is 19.6 Å². The van der Waals surface area contributed by atoms with Gasteiger partial charge in [0.05, 0.1) is 23.1 Å². The molecule has 270 valence electrons. The number of alkyl halides is 3. The Kier molecular flexibility index (Phi) is 13.1. The van der Waals surface area contributed by atoms with Crippen LogP contribution in [0.25, 0.3) is 11.0 Å². The first-order valence-electron chi connectivity index (χ1n) is 17.3. The Bertz CT molecular complexity index is 1800. The summed E-state index contributed by atoms with van der Waals surface area (Å²) in [5.74, 6) is -2.12. The molecule has 0 bridgehead atoms. The van der Waals surface area contributed by atoms with Crippen molar-refractivity contribution in [2.24, 2.45) is 11.8 Å². The number of ether oxygens (including phenoxy) is 3. The zero-order valence-electron chi connectivity index (χ0n) is 30.0. The Labute approximate surface area is 292 Å². The summed E-state index contributed by atoms with van der Waals surface area (Å²) in [5, 5.41) is -0.124. The van der Waals surface area contributed by atoms with Crippen LogP contribution in [0, 0.1) is 25.7 Å². The number of aryl methyl sites for hydroxylation is 2. The van der Waals surface area contributed by atoms with Crippen LogP contribution >= 0.6 is 0 Å². The first kappa shape index (κ1) is 38.5. The molecule has 0 radical (unpaired) electrons. The van der Waals surface area contributed by atoms with Crippen LogP contribution in [0.1, 0.15) is 93.1 Å². The van der Waals surface area contributed by atoms with Gasteiger partial charge < -0.3 is 18.6 Å². The minimum absolute atomic E-state index is 0.00429. The molecule has 0 unspecified atom stereocenters. The van der Waals surface area contributed by atoms with E-state index in [0.717, 1.165) is 36.8 Å². The molecule has 0 amide bonds. The molecule has 7 nitrogen and oxygen atoms in total. The van der Waals surface area contributed by atoms with Crippen molar-refractivity contribution in [3.63, 3.8) is 0 Å². The van der Waals surface area contributed by atoms with Gasteiger partial charge in [0.25, 0.3) is 5.76 Å². The monoisotopic (exact) mass is 695 g/mol. The van der Waals surface area contributed by atoms with Gasteiger partial charge >= 0.3 is 12.1 Å². The highest BCUT2D eigenvalue weighted by Gasteiger charge is 2.41. The second kappa shape index (κ2) is 17.1. The summed E-state index contributed by atoms with van der Waals surface area (Å²) in [5.41, 5.74) is 0.787. The van der Waals surface area contributed by atoms with E-state index in [9.17, 15) is 22.8 Å². The fraction of sp³-hybridized carbons (Fsp3) is 0.450. The van der Waals surface area contributed by atoms with Gasteiger partial charge in [-0.1, -0.05) is 59.9 Å². The fourth-order valence-corrected chi connectivity index (χ4v) is 5.72. The number of fused-ring (bicyclic) bond motifs is 1. The summed E-state index contributed by atoms with van der Waals surface area (Å²) in [4.78, 5) is 29.3. The Morgan fingerprint density at radius 1 is 0.860 bits per heavy atom. The molecule has 4 aromatic rings. The van der Waals surface area contributed by atoms with Crippen LogP contribution < -0.4 is 19.6 Å². The van der Waals surface area contributed by atoms with E-state index in [4.69, 9.17) is 18.6 Å². The van der Waals surface area contributed by atoms with Gasteiger partial charge in [-0.3, -0.25) is 9.69 Å². The van der Waals surface area contributed by atoms with Crippen LogP contribution in [0.15, 0.2) is 63.8 Å². The number of nitrogens with zero attached hydrogens (tertiary/aromatic N) is 1. The summed E-state index contributed by atoms with van der Waals surface area (Å²) in [6, 6.07) is 14.0. The number of unbranched alkanes of at least 4 members (excludes halogenated alkanes) is 3. The van der Waals surface area contributed by atoms with E-state index in [1.807, 2.05) is 34.6 Å². The van der Waals surface area contributed by atoms with Gasteiger partial charge in [0.15, 0.2) is 0 Å². The number of carbonyl (C=O) groups excluding carboxylic acids is 1. The van der Waals surface area contributed by atoms with Crippen LogP contribution in [0.5, 0.6) is 23.0 Å². The average molecular weight is 696 g/mol. The molecular weight excluding hydrogens is 647 g/mol. The highest BCUT2D eigenvalue weighted by Crippen LogP contribution is 2.41. The molecule has 0 atom stereocenters. The van der Waals surface area contributed by atoms with Gasteiger partial charge in [-0.2, -0.15) is 13.2 Å². The number of rotatable bonds is 16. The lowest BCUT2D eigenvalue weighted by Crippen LogP contribution is -2.31. The number of hydrogen-bond donors (Lipinski definition) is 0. The second-order valence-electron chi connectivity index (χ2n) is 13.7. The molecule has 0 fully saturated rings. The molecule has 1 heterocycles. The molecule has 3 aromatic carbocycles. The van der Waals surface area contributed by atoms with Gasteiger partial charge in [0.2, 0.25) is 11.2 Å². The predicted molar refractivity (Wildman–Crippen MR) is 189 cm³/mol. The maximum Gasteiger partial charge on any atom is 0.453 e. The third-order valence-electron chi connectivity index (χ3n) is 8.22. The number of hydrogen-bond acceptors (Lipinski definition) is 7. The van der Waals surface area contributed by atoms with Crippen molar-refractivity contribution < 1.29 is 36.6 Å². The molecule has 4 rings (SSSR count). The molecular formula is C40H48F3NO6. The minimum Gasteiger partial charge on any atom is -0.494 e. The van der Waals surface area contributed by atoms with Crippen LogP contribution in [-0.4, -0.2) is 30.6 Å². The minimum atomic E-state index is -5.07. The first-order chi connectivity index (χ1) is 23.7. The smallest absolute Gasteiger partial charge is 0.453 e. The molecule has 0 aliphatic heterocycles. The average Bonchev–Trinajstić information content (AvgIpc) is 3.04. The Hall–Kier alpha value is -4.31. The number of esters is 1. The fourth-order valence-electron chi connectivity index (χ4n) is 5.72. The maximum absolute atomic E-state index is 14.6. The number of halogens is 3. The van der Waals surface area contributed by atoms with E-state index in [0.29, 0.717) is 25.4 Å². The van der Waals surface area contributed by atoms with Crippen molar-refractivity contribution in [2.75, 3.05) is 19.7 Å². The highest BCUT2D eigenvalue weighted by molar-refractivity contribution is 5.92. The van der Waals surface area contributed by atoms with E-state index in [1.165, 1.54) is 18.2 Å². The van der Waals surface area contributed by atoms with Crippen LogP contribution in [0.4, 0.5) is 13.2 Å². The summed E-state index contributed by atoms with van der Waals surface area (Å²) in [6.07, 6.45) is -0.797. The maximum atomic E-state index is 14.6. The molecule has 0 saturated heterocycles. The summed E-state index contributed by atoms with van der Waals surface area (Å²) in [7, 11) is 0. The van der Waals surface area contributed by atoms with E-state index in [-0.39, 0.29) is 52.0 Å². The lowest BCUT2D eigenvalue weighted by atomic mass is 10.1. The zero-order valence-corrected chi connectivity index (χ0v) is 30.0. The molecule has 0 N–H and O–H groups in total. The standard InChI is InChI=1S/C40H48F3NO6/c1-8-9-10-11-20-47-30-16-13-29(14-17-30)39(46)49-34-19-18-32-35(45)37(48-31-15-12-27(6)28(7)21-31)38(40(41,42)43)50-36(32)33(34)24-44(22-25(2)3)23-26(4)5/h12-19,21,25-26H,8-11,20,22-24H2,1-7H3. The Balaban J connectivity index is 1.79. The molecule has 0 aliphatic carbocycles. The van der Waals surface area contributed by atoms with Crippen LogP contribution in [0.2, 0.25) is 0 Å². The van der Waals surface area contributed by atoms with Gasteiger partial charge in [0.1, 0.15) is 22.8 Å². The van der Waals surface area contributed by atoms with Crippen molar-refractivity contribution in [3.8, 4) is 23.0 Å². The van der Waals surface area contributed by atoms with Crippen molar-refractivity contribution >= 4 is 16.9 Å². The quantitative estimate of drug-likeness (QED) is 0.0656. The Morgan fingerprint density at radius 3 is 2.12 bits per heavy atom. The van der Waals surface area contributed by atoms with Gasteiger partial charge in [-0.05, 0) is 91.8 Å². The summed E-state index contributed by atoms with van der Waals surface area (Å²) >= 11 is 0. The van der Waals surface area contributed by atoms with Crippen molar-refractivity contribution in [3.05, 3.63) is 92.8 Å². The highest BCUT2D eigenvalue weighted by atomic mass is 19.4. The largest absolute Gasteiger partial charge is 0.494 e. The lowest BCUT2D eigenvalue weighted by Gasteiger charge is -2.27. The van der Waals surface area contributed by atoms with E-state index >= 15 is 0 Å². The van der Waals surface area contributed by atoms with Gasteiger partial charge in [-0.25, -0.2) is 4.79 Å².